The first-order chi connectivity index (χ1) is 10.6. The van der Waals surface area contributed by atoms with Gasteiger partial charge in [0.25, 0.3) is 0 Å². The van der Waals surface area contributed by atoms with Gasteiger partial charge < -0.3 is 21.5 Å². The summed E-state index contributed by atoms with van der Waals surface area (Å²) in [6.07, 6.45) is 0. The van der Waals surface area contributed by atoms with E-state index in [2.05, 4.69) is 15.3 Å². The lowest BCUT2D eigenvalue weighted by Crippen LogP contribution is -2.29. The van der Waals surface area contributed by atoms with Crippen LogP contribution in [0.1, 0.15) is 0 Å². The summed E-state index contributed by atoms with van der Waals surface area (Å²) in [5, 5.41) is 3.13. The van der Waals surface area contributed by atoms with Gasteiger partial charge in [-0.1, -0.05) is 30.0 Å². The van der Waals surface area contributed by atoms with Gasteiger partial charge in [-0.3, -0.25) is 4.79 Å². The summed E-state index contributed by atoms with van der Waals surface area (Å²) in [7, 11) is 0. The maximum absolute atomic E-state index is 11.7. The minimum atomic E-state index is -0.133. The Labute approximate surface area is 132 Å². The second kappa shape index (κ2) is 8.08. The van der Waals surface area contributed by atoms with E-state index in [9.17, 15) is 4.79 Å². The molecular weight excluding hydrogens is 302 g/mol. The Hall–Kier alpha value is -2.48. The molecule has 0 bridgehead atoms. The summed E-state index contributed by atoms with van der Waals surface area (Å²) in [5.41, 5.74) is 11.1. The molecule has 0 radical (unpaired) electrons. The van der Waals surface area contributed by atoms with E-state index in [1.165, 1.54) is 17.8 Å². The number of carbonyl (C=O) groups is 1. The van der Waals surface area contributed by atoms with Gasteiger partial charge >= 0.3 is 0 Å². The van der Waals surface area contributed by atoms with Crippen molar-refractivity contribution in [2.75, 3.05) is 30.4 Å². The smallest absolute Gasteiger partial charge is 0.230 e. The van der Waals surface area contributed by atoms with Crippen molar-refractivity contribution in [1.29, 1.82) is 0 Å². The van der Waals surface area contributed by atoms with E-state index in [-0.39, 0.29) is 23.3 Å². The fourth-order valence-electron chi connectivity index (χ4n) is 1.58. The van der Waals surface area contributed by atoms with Crippen LogP contribution in [0.15, 0.2) is 41.6 Å². The van der Waals surface area contributed by atoms with Crippen molar-refractivity contribution in [2.45, 2.75) is 5.16 Å². The van der Waals surface area contributed by atoms with Crippen LogP contribution in [0, 0.1) is 0 Å². The zero-order valence-corrected chi connectivity index (χ0v) is 12.7. The number of para-hydroxylation sites is 1. The van der Waals surface area contributed by atoms with Crippen LogP contribution >= 0.6 is 11.8 Å². The molecule has 0 aliphatic heterocycles. The number of nitrogens with two attached hydrogens (primary N) is 2. The van der Waals surface area contributed by atoms with E-state index in [0.717, 1.165) is 5.75 Å². The van der Waals surface area contributed by atoms with Gasteiger partial charge in [0.15, 0.2) is 5.16 Å². The molecule has 0 saturated carbocycles. The third-order valence-corrected chi connectivity index (χ3v) is 3.36. The third kappa shape index (κ3) is 5.49. The minimum Gasteiger partial charge on any atom is -0.492 e. The van der Waals surface area contributed by atoms with Gasteiger partial charge in [-0.05, 0) is 12.1 Å². The number of carbonyl (C=O) groups excluding carboxylic acids is 1. The fraction of sp³-hybridized carbons (Fsp3) is 0.214. The highest BCUT2D eigenvalue weighted by Crippen LogP contribution is 2.15. The standard InChI is InChI=1S/C14H17N5O2S/c15-11-8-12(16)19-14(18-11)22-9-13(20)17-6-7-21-10-4-2-1-3-5-10/h1-5,8H,6-7,9H2,(H,17,20)(H4,15,16,18,19). The summed E-state index contributed by atoms with van der Waals surface area (Å²) < 4.78 is 5.47. The molecule has 22 heavy (non-hydrogen) atoms. The van der Waals surface area contributed by atoms with E-state index in [0.29, 0.717) is 18.3 Å². The first-order valence-electron chi connectivity index (χ1n) is 6.61. The molecule has 0 fully saturated rings. The minimum absolute atomic E-state index is 0.133. The Morgan fingerprint density at radius 1 is 1.18 bits per heavy atom. The van der Waals surface area contributed by atoms with Crippen molar-refractivity contribution < 1.29 is 9.53 Å². The molecule has 7 nitrogen and oxygen atoms in total. The molecule has 0 atom stereocenters. The molecule has 0 saturated heterocycles. The first-order valence-corrected chi connectivity index (χ1v) is 7.59. The van der Waals surface area contributed by atoms with Crippen molar-refractivity contribution >= 4 is 29.3 Å². The Balaban J connectivity index is 1.65. The van der Waals surface area contributed by atoms with E-state index >= 15 is 0 Å². The molecular formula is C14H17N5O2S. The Bertz CT molecular complexity index is 604. The van der Waals surface area contributed by atoms with Gasteiger partial charge in [-0.25, -0.2) is 9.97 Å². The number of amides is 1. The summed E-state index contributed by atoms with van der Waals surface area (Å²) in [6, 6.07) is 10.9. The topological polar surface area (TPSA) is 116 Å². The predicted octanol–water partition coefficient (Wildman–Crippen LogP) is 0.928. The second-order valence-corrected chi connectivity index (χ2v) is 5.24. The monoisotopic (exact) mass is 319 g/mol. The summed E-state index contributed by atoms with van der Waals surface area (Å²) in [5.74, 6) is 1.40. The van der Waals surface area contributed by atoms with Crippen LogP contribution < -0.4 is 21.5 Å². The molecule has 0 spiro atoms. The summed E-state index contributed by atoms with van der Waals surface area (Å²) in [4.78, 5) is 19.7. The van der Waals surface area contributed by atoms with Crippen LogP contribution in [-0.4, -0.2) is 34.8 Å². The molecule has 0 aliphatic rings. The molecule has 116 valence electrons. The number of hydrogen-bond acceptors (Lipinski definition) is 7. The normalized spacial score (nSPS) is 10.2. The number of benzene rings is 1. The lowest BCUT2D eigenvalue weighted by atomic mass is 10.3. The van der Waals surface area contributed by atoms with Gasteiger partial charge in [-0.2, -0.15) is 0 Å². The lowest BCUT2D eigenvalue weighted by Gasteiger charge is -2.07. The molecule has 8 heteroatoms. The molecule has 1 amide bonds. The van der Waals surface area contributed by atoms with Crippen LogP contribution in [0.5, 0.6) is 5.75 Å². The van der Waals surface area contributed by atoms with E-state index in [1.807, 2.05) is 30.3 Å². The Morgan fingerprint density at radius 3 is 2.55 bits per heavy atom. The first kappa shape index (κ1) is 15.9. The predicted molar refractivity (Wildman–Crippen MR) is 86.5 cm³/mol. The maximum atomic E-state index is 11.7. The zero-order chi connectivity index (χ0) is 15.8. The van der Waals surface area contributed by atoms with Crippen molar-refractivity contribution in [3.05, 3.63) is 36.4 Å². The molecule has 0 unspecified atom stereocenters. The SMILES string of the molecule is Nc1cc(N)nc(SCC(=O)NCCOc2ccccc2)n1. The molecule has 2 aromatic rings. The van der Waals surface area contributed by atoms with Crippen molar-refractivity contribution in [2.24, 2.45) is 0 Å². The average Bonchev–Trinajstić information content (AvgIpc) is 2.50. The highest BCUT2D eigenvalue weighted by molar-refractivity contribution is 7.99. The largest absolute Gasteiger partial charge is 0.492 e. The number of nitrogens with zero attached hydrogens (tertiary/aromatic N) is 2. The van der Waals surface area contributed by atoms with E-state index in [1.54, 1.807) is 0 Å². The zero-order valence-electron chi connectivity index (χ0n) is 11.9. The van der Waals surface area contributed by atoms with Gasteiger partial charge in [0.2, 0.25) is 5.91 Å². The molecule has 1 aromatic heterocycles. The van der Waals surface area contributed by atoms with Crippen LogP contribution in [0.2, 0.25) is 0 Å². The van der Waals surface area contributed by atoms with Crippen LogP contribution in [0.4, 0.5) is 11.6 Å². The number of hydrogen-bond donors (Lipinski definition) is 3. The summed E-state index contributed by atoms with van der Waals surface area (Å²) in [6.45, 7) is 0.830. The maximum Gasteiger partial charge on any atom is 0.230 e. The number of rotatable bonds is 7. The van der Waals surface area contributed by atoms with Gasteiger partial charge in [-0.15, -0.1) is 0 Å². The average molecular weight is 319 g/mol. The lowest BCUT2D eigenvalue weighted by molar-refractivity contribution is -0.118. The molecule has 5 N–H and O–H groups in total. The Morgan fingerprint density at radius 2 is 1.86 bits per heavy atom. The highest BCUT2D eigenvalue weighted by Gasteiger charge is 2.06. The number of nitrogen functional groups attached to an aromatic ring is 2. The van der Waals surface area contributed by atoms with Crippen molar-refractivity contribution in [3.8, 4) is 5.75 Å². The fourth-order valence-corrected chi connectivity index (χ4v) is 2.29. The third-order valence-electron chi connectivity index (χ3n) is 2.51. The molecule has 1 heterocycles. The Kier molecular flexibility index (Phi) is 5.84. The second-order valence-electron chi connectivity index (χ2n) is 4.30. The van der Waals surface area contributed by atoms with Gasteiger partial charge in [0.1, 0.15) is 24.0 Å². The van der Waals surface area contributed by atoms with Gasteiger partial charge in [0.05, 0.1) is 12.3 Å². The number of nitrogens with one attached hydrogen (secondary N) is 1. The summed E-state index contributed by atoms with van der Waals surface area (Å²) >= 11 is 1.18. The number of thioether (sulfide) groups is 1. The number of aromatic nitrogens is 2. The van der Waals surface area contributed by atoms with Crippen molar-refractivity contribution in [3.63, 3.8) is 0 Å². The van der Waals surface area contributed by atoms with Crippen LogP contribution in [0.25, 0.3) is 0 Å². The highest BCUT2D eigenvalue weighted by atomic mass is 32.2. The van der Waals surface area contributed by atoms with E-state index < -0.39 is 0 Å². The van der Waals surface area contributed by atoms with Gasteiger partial charge in [0, 0.05) is 6.07 Å². The van der Waals surface area contributed by atoms with Crippen LogP contribution in [0.3, 0.4) is 0 Å². The molecule has 0 aliphatic carbocycles. The number of anilines is 2. The van der Waals surface area contributed by atoms with Crippen LogP contribution in [-0.2, 0) is 4.79 Å². The quantitative estimate of drug-likeness (QED) is 0.395. The molecule has 1 aromatic carbocycles. The molecule has 2 rings (SSSR count). The van der Waals surface area contributed by atoms with E-state index in [4.69, 9.17) is 16.2 Å². The van der Waals surface area contributed by atoms with Crippen molar-refractivity contribution in [1.82, 2.24) is 15.3 Å². The number of ether oxygens (including phenoxy) is 1.